The van der Waals surface area contributed by atoms with Crippen LogP contribution in [0.3, 0.4) is 0 Å². The molecule has 8 heteroatoms. The summed E-state index contributed by atoms with van der Waals surface area (Å²) in [7, 11) is 4.84. The number of hydrogen-bond acceptors (Lipinski definition) is 5. The van der Waals surface area contributed by atoms with E-state index in [-0.39, 0.29) is 30.0 Å². The van der Waals surface area contributed by atoms with Crippen molar-refractivity contribution in [3.05, 3.63) is 47.5 Å². The number of ether oxygens (including phenoxy) is 3. The zero-order valence-electron chi connectivity index (χ0n) is 20.3. The van der Waals surface area contributed by atoms with E-state index >= 15 is 0 Å². The van der Waals surface area contributed by atoms with Gasteiger partial charge < -0.3 is 29.7 Å². The number of anilines is 1. The van der Waals surface area contributed by atoms with Crippen molar-refractivity contribution in [3.8, 4) is 17.2 Å². The molecule has 33 heavy (non-hydrogen) atoms. The quantitative estimate of drug-likeness (QED) is 0.259. The molecule has 2 aromatic carbocycles. The number of nitrogens with zero attached hydrogens (tertiary/aromatic N) is 2. The third-order valence-electron chi connectivity index (χ3n) is 5.68. The molecule has 0 spiro atoms. The maximum atomic E-state index is 5.46. The van der Waals surface area contributed by atoms with Gasteiger partial charge in [-0.05, 0) is 62.1 Å². The molecule has 2 aromatic rings. The fraction of sp³-hybridized carbons (Fsp3) is 0.480. The third-order valence-corrected chi connectivity index (χ3v) is 5.68. The average Bonchev–Trinajstić information content (AvgIpc) is 3.37. The first kappa shape index (κ1) is 26.9. The Hall–Kier alpha value is -2.36. The van der Waals surface area contributed by atoms with Gasteiger partial charge in [-0.2, -0.15) is 0 Å². The van der Waals surface area contributed by atoms with E-state index in [4.69, 9.17) is 19.2 Å². The minimum atomic E-state index is 0. The summed E-state index contributed by atoms with van der Waals surface area (Å²) < 4.78 is 16.3. The lowest BCUT2D eigenvalue weighted by Gasteiger charge is -2.22. The molecule has 2 N–H and O–H groups in total. The van der Waals surface area contributed by atoms with E-state index in [9.17, 15) is 0 Å². The van der Waals surface area contributed by atoms with E-state index in [0.29, 0.717) is 23.8 Å². The summed E-state index contributed by atoms with van der Waals surface area (Å²) in [5.74, 6) is 2.60. The van der Waals surface area contributed by atoms with Gasteiger partial charge in [0.25, 0.3) is 0 Å². The highest BCUT2D eigenvalue weighted by atomic mass is 127. The lowest BCUT2D eigenvalue weighted by Crippen LogP contribution is -2.38. The van der Waals surface area contributed by atoms with Crippen molar-refractivity contribution in [3.63, 3.8) is 0 Å². The first-order valence-electron chi connectivity index (χ1n) is 11.3. The highest BCUT2D eigenvalue weighted by Gasteiger charge is 2.15. The van der Waals surface area contributed by atoms with Crippen LogP contribution in [0.1, 0.15) is 43.9 Å². The minimum absolute atomic E-state index is 0. The fourth-order valence-electron chi connectivity index (χ4n) is 3.97. The van der Waals surface area contributed by atoms with Gasteiger partial charge in [0.05, 0.1) is 33.9 Å². The Bertz CT molecular complexity index is 891. The van der Waals surface area contributed by atoms with Crippen LogP contribution in [0.5, 0.6) is 17.2 Å². The number of guanidine groups is 1. The van der Waals surface area contributed by atoms with Crippen LogP contribution in [0.25, 0.3) is 0 Å². The van der Waals surface area contributed by atoms with Crippen LogP contribution in [-0.4, -0.2) is 46.9 Å². The van der Waals surface area contributed by atoms with Gasteiger partial charge in [0, 0.05) is 25.3 Å². The molecule has 0 amide bonds. The van der Waals surface area contributed by atoms with Gasteiger partial charge in [0.1, 0.15) is 0 Å². The molecule has 0 radical (unpaired) electrons. The van der Waals surface area contributed by atoms with Crippen molar-refractivity contribution < 1.29 is 14.2 Å². The number of halogens is 1. The van der Waals surface area contributed by atoms with E-state index < -0.39 is 0 Å². The van der Waals surface area contributed by atoms with Crippen LogP contribution >= 0.6 is 24.0 Å². The molecule has 0 aliphatic carbocycles. The van der Waals surface area contributed by atoms with Crippen LogP contribution in [0, 0.1) is 0 Å². The first-order valence-corrected chi connectivity index (χ1v) is 11.3. The molecule has 7 nitrogen and oxygen atoms in total. The first-order chi connectivity index (χ1) is 15.6. The van der Waals surface area contributed by atoms with E-state index in [1.54, 1.807) is 21.3 Å². The van der Waals surface area contributed by atoms with Crippen LogP contribution in [-0.2, 0) is 6.54 Å². The Morgan fingerprint density at radius 3 is 2.27 bits per heavy atom. The summed E-state index contributed by atoms with van der Waals surface area (Å²) in [4.78, 5) is 7.25. The van der Waals surface area contributed by atoms with Crippen molar-refractivity contribution in [2.45, 2.75) is 39.3 Å². The smallest absolute Gasteiger partial charge is 0.203 e. The van der Waals surface area contributed by atoms with Crippen molar-refractivity contribution in [2.75, 3.05) is 45.9 Å². The third kappa shape index (κ3) is 7.06. The summed E-state index contributed by atoms with van der Waals surface area (Å²) in [6, 6.07) is 12.8. The zero-order chi connectivity index (χ0) is 22.9. The second-order valence-corrected chi connectivity index (χ2v) is 7.88. The second-order valence-electron chi connectivity index (χ2n) is 7.88. The molecule has 3 rings (SSSR count). The fourth-order valence-corrected chi connectivity index (χ4v) is 3.97. The molecule has 1 heterocycles. The Kier molecular flexibility index (Phi) is 10.9. The molecule has 1 fully saturated rings. The maximum absolute atomic E-state index is 5.46. The second kappa shape index (κ2) is 13.4. The highest BCUT2D eigenvalue weighted by molar-refractivity contribution is 14.0. The Morgan fingerprint density at radius 1 is 1.03 bits per heavy atom. The Balaban J connectivity index is 0.00000385. The normalized spacial score (nSPS) is 14.3. The summed E-state index contributed by atoms with van der Waals surface area (Å²) in [5.41, 5.74) is 3.51. The van der Waals surface area contributed by atoms with Gasteiger partial charge in [-0.15, -0.1) is 24.0 Å². The van der Waals surface area contributed by atoms with Crippen molar-refractivity contribution in [2.24, 2.45) is 4.99 Å². The Labute approximate surface area is 214 Å². The van der Waals surface area contributed by atoms with E-state index in [1.807, 2.05) is 12.1 Å². The molecule has 182 valence electrons. The van der Waals surface area contributed by atoms with Gasteiger partial charge in [0.2, 0.25) is 5.75 Å². The van der Waals surface area contributed by atoms with Crippen molar-refractivity contribution in [1.29, 1.82) is 0 Å². The lowest BCUT2D eigenvalue weighted by atomic mass is 10.1. The summed E-state index contributed by atoms with van der Waals surface area (Å²) in [5, 5.41) is 6.88. The molecule has 0 saturated carbocycles. The number of aliphatic imine (C=N–C) groups is 1. The maximum Gasteiger partial charge on any atom is 0.203 e. The molecule has 1 atom stereocenters. The number of nitrogens with one attached hydrogen (secondary N) is 2. The van der Waals surface area contributed by atoms with Gasteiger partial charge >= 0.3 is 0 Å². The SMILES string of the molecule is CCNC(=NCc1cc(OC)c(OC)c(OC)c1)NC(C)c1cccc(N2CCCC2)c1.I. The minimum Gasteiger partial charge on any atom is -0.493 e. The van der Waals surface area contributed by atoms with Crippen LogP contribution < -0.4 is 29.7 Å². The molecular weight excluding hydrogens is 531 g/mol. The summed E-state index contributed by atoms with van der Waals surface area (Å²) in [6.07, 6.45) is 2.55. The average molecular weight is 569 g/mol. The predicted octanol–water partition coefficient (Wildman–Crippen LogP) is 4.75. The van der Waals surface area contributed by atoms with E-state index in [1.165, 1.54) is 24.1 Å². The molecule has 1 aliphatic rings. The molecular formula is C25H37IN4O3. The standard InChI is InChI=1S/C25H36N4O3.HI/c1-6-26-25(27-17-19-14-22(30-3)24(32-5)23(15-19)31-4)28-18(2)20-10-9-11-21(16-20)29-12-7-8-13-29;/h9-11,14-16,18H,6-8,12-13,17H2,1-5H3,(H2,26,27,28);1H. The van der Waals surface area contributed by atoms with E-state index in [2.05, 4.69) is 53.6 Å². The van der Waals surface area contributed by atoms with E-state index in [0.717, 1.165) is 31.2 Å². The largest absolute Gasteiger partial charge is 0.493 e. The van der Waals surface area contributed by atoms with Gasteiger partial charge in [-0.25, -0.2) is 4.99 Å². The van der Waals surface area contributed by atoms with Crippen molar-refractivity contribution >= 4 is 35.6 Å². The highest BCUT2D eigenvalue weighted by Crippen LogP contribution is 2.38. The number of methoxy groups -OCH3 is 3. The van der Waals surface area contributed by atoms with Crippen molar-refractivity contribution in [1.82, 2.24) is 10.6 Å². The summed E-state index contributed by atoms with van der Waals surface area (Å²) in [6.45, 7) is 7.77. The molecule has 0 bridgehead atoms. The lowest BCUT2D eigenvalue weighted by molar-refractivity contribution is 0.324. The topological polar surface area (TPSA) is 67.4 Å². The summed E-state index contributed by atoms with van der Waals surface area (Å²) >= 11 is 0. The Morgan fingerprint density at radius 2 is 1.70 bits per heavy atom. The van der Waals surface area contributed by atoms with Gasteiger partial charge in [0.15, 0.2) is 17.5 Å². The van der Waals surface area contributed by atoms with Crippen LogP contribution in [0.4, 0.5) is 5.69 Å². The van der Waals surface area contributed by atoms with Gasteiger partial charge in [-0.3, -0.25) is 0 Å². The molecule has 1 aliphatic heterocycles. The monoisotopic (exact) mass is 568 g/mol. The number of benzene rings is 2. The molecule has 0 aromatic heterocycles. The number of hydrogen-bond donors (Lipinski definition) is 2. The molecule has 1 unspecified atom stereocenters. The number of rotatable bonds is 9. The zero-order valence-corrected chi connectivity index (χ0v) is 22.6. The predicted molar refractivity (Wildman–Crippen MR) is 146 cm³/mol. The molecule has 1 saturated heterocycles. The van der Waals surface area contributed by atoms with Crippen LogP contribution in [0.15, 0.2) is 41.4 Å². The van der Waals surface area contributed by atoms with Gasteiger partial charge in [-0.1, -0.05) is 12.1 Å². The van der Waals surface area contributed by atoms with Crippen LogP contribution in [0.2, 0.25) is 0 Å².